The molecule has 152 valence electrons. The molecular weight excluding hydrogens is 364 g/mol. The third-order valence-electron chi connectivity index (χ3n) is 5.76. The number of carbonyl (C=O) groups is 1. The summed E-state index contributed by atoms with van der Waals surface area (Å²) in [5.74, 6) is 0.633. The summed E-state index contributed by atoms with van der Waals surface area (Å²) in [7, 11) is 3.14. The molecule has 0 saturated carbocycles. The Bertz CT molecular complexity index is 1060. The lowest BCUT2D eigenvalue weighted by atomic mass is 9.83. The number of benzene rings is 2. The number of aromatic nitrogens is 1. The molecule has 29 heavy (non-hydrogen) atoms. The van der Waals surface area contributed by atoms with Crippen molar-refractivity contribution in [3.63, 3.8) is 0 Å². The fourth-order valence-corrected chi connectivity index (χ4v) is 4.28. The van der Waals surface area contributed by atoms with E-state index in [1.54, 1.807) is 7.11 Å². The van der Waals surface area contributed by atoms with Crippen molar-refractivity contribution in [1.82, 2.24) is 10.3 Å². The van der Waals surface area contributed by atoms with E-state index in [2.05, 4.69) is 55.3 Å². The topological polar surface area (TPSA) is 63.4 Å². The van der Waals surface area contributed by atoms with Crippen molar-refractivity contribution in [2.24, 2.45) is 0 Å². The average Bonchev–Trinajstić information content (AvgIpc) is 3.10. The highest BCUT2D eigenvalue weighted by molar-refractivity contribution is 5.87. The summed E-state index contributed by atoms with van der Waals surface area (Å²) >= 11 is 0. The third kappa shape index (κ3) is 3.40. The highest BCUT2D eigenvalue weighted by Crippen LogP contribution is 2.39. The van der Waals surface area contributed by atoms with Gasteiger partial charge in [-0.25, -0.2) is 0 Å². The summed E-state index contributed by atoms with van der Waals surface area (Å²) in [6.45, 7) is 6.53. The van der Waals surface area contributed by atoms with Crippen molar-refractivity contribution in [3.05, 3.63) is 64.8 Å². The lowest BCUT2D eigenvalue weighted by Gasteiger charge is -2.31. The summed E-state index contributed by atoms with van der Waals surface area (Å²) in [5, 5.41) is 4.67. The van der Waals surface area contributed by atoms with Gasteiger partial charge in [-0.2, -0.15) is 0 Å². The first kappa shape index (κ1) is 19.5. The van der Waals surface area contributed by atoms with E-state index in [4.69, 9.17) is 9.47 Å². The van der Waals surface area contributed by atoms with Gasteiger partial charge in [0.1, 0.15) is 11.8 Å². The van der Waals surface area contributed by atoms with Crippen LogP contribution in [0.25, 0.3) is 10.9 Å². The number of hydrogen-bond acceptors (Lipinski definition) is 4. The minimum atomic E-state index is -0.392. The average molecular weight is 392 g/mol. The zero-order chi connectivity index (χ0) is 20.8. The molecule has 1 aliphatic rings. The maximum absolute atomic E-state index is 12.4. The number of ether oxygens (including phenoxy) is 2. The number of hydrogen-bond donors (Lipinski definition) is 2. The highest BCUT2D eigenvalue weighted by Gasteiger charge is 2.35. The second kappa shape index (κ2) is 7.23. The molecule has 2 aromatic carbocycles. The Hall–Kier alpha value is -2.79. The van der Waals surface area contributed by atoms with Crippen molar-refractivity contribution in [2.45, 2.75) is 44.7 Å². The third-order valence-corrected chi connectivity index (χ3v) is 5.76. The molecule has 2 unspecified atom stereocenters. The largest absolute Gasteiger partial charge is 0.496 e. The lowest BCUT2D eigenvalue weighted by molar-refractivity contribution is -0.143. The first-order valence-corrected chi connectivity index (χ1v) is 9.95. The minimum absolute atomic E-state index is 0.0684. The van der Waals surface area contributed by atoms with Crippen molar-refractivity contribution in [1.29, 1.82) is 0 Å². The number of esters is 1. The van der Waals surface area contributed by atoms with Gasteiger partial charge in [-0.3, -0.25) is 10.1 Å². The smallest absolute Gasteiger partial charge is 0.323 e. The second-order valence-corrected chi connectivity index (χ2v) is 8.65. The first-order valence-electron chi connectivity index (χ1n) is 9.95. The normalized spacial score (nSPS) is 19.1. The molecule has 2 atom stereocenters. The van der Waals surface area contributed by atoms with Crippen molar-refractivity contribution < 1.29 is 14.3 Å². The van der Waals surface area contributed by atoms with Crippen LogP contribution in [0.15, 0.2) is 42.5 Å². The SMILES string of the molecule is COC(=O)C1Cc2c([nH]c3ccccc23)C(c2ccc(OC)c(C(C)(C)C)c2)N1. The zero-order valence-electron chi connectivity index (χ0n) is 17.6. The molecule has 5 nitrogen and oxygen atoms in total. The Labute approximate surface area is 171 Å². The molecule has 0 amide bonds. The van der Waals surface area contributed by atoms with Gasteiger partial charge in [-0.1, -0.05) is 45.0 Å². The molecule has 1 aromatic heterocycles. The molecular formula is C24H28N2O3. The Morgan fingerprint density at radius 3 is 2.55 bits per heavy atom. The molecule has 5 heteroatoms. The number of rotatable bonds is 3. The van der Waals surface area contributed by atoms with Gasteiger partial charge < -0.3 is 14.5 Å². The Kier molecular flexibility index (Phi) is 4.87. The van der Waals surface area contributed by atoms with Crippen LogP contribution in [-0.2, 0) is 21.4 Å². The van der Waals surface area contributed by atoms with E-state index in [1.807, 2.05) is 18.2 Å². The Morgan fingerprint density at radius 1 is 1.10 bits per heavy atom. The molecule has 0 bridgehead atoms. The van der Waals surface area contributed by atoms with Crippen LogP contribution in [0.2, 0.25) is 0 Å². The van der Waals surface area contributed by atoms with Gasteiger partial charge in [0.25, 0.3) is 0 Å². The van der Waals surface area contributed by atoms with Crippen molar-refractivity contribution in [2.75, 3.05) is 14.2 Å². The molecule has 0 saturated heterocycles. The molecule has 3 aromatic rings. The number of carbonyl (C=O) groups excluding carboxylic acids is 1. The summed E-state index contributed by atoms with van der Waals surface area (Å²) in [4.78, 5) is 16.0. The van der Waals surface area contributed by atoms with E-state index in [1.165, 1.54) is 12.7 Å². The van der Waals surface area contributed by atoms with Gasteiger partial charge in [0.2, 0.25) is 0 Å². The van der Waals surface area contributed by atoms with Crippen LogP contribution in [0, 0.1) is 0 Å². The summed E-state index contributed by atoms with van der Waals surface area (Å²) in [5.41, 5.74) is 5.53. The molecule has 0 fully saturated rings. The molecule has 4 rings (SSSR count). The van der Waals surface area contributed by atoms with Crippen LogP contribution in [0.1, 0.15) is 49.2 Å². The first-order chi connectivity index (χ1) is 13.8. The summed E-state index contributed by atoms with van der Waals surface area (Å²) < 4.78 is 10.7. The number of H-pyrrole nitrogens is 1. The van der Waals surface area contributed by atoms with Gasteiger partial charge in [0, 0.05) is 23.0 Å². The number of methoxy groups -OCH3 is 2. The van der Waals surface area contributed by atoms with E-state index < -0.39 is 6.04 Å². The van der Waals surface area contributed by atoms with Crippen LogP contribution in [0.4, 0.5) is 0 Å². The monoisotopic (exact) mass is 392 g/mol. The molecule has 0 spiro atoms. The summed E-state index contributed by atoms with van der Waals surface area (Å²) in [6.07, 6.45) is 0.602. The molecule has 0 radical (unpaired) electrons. The maximum atomic E-state index is 12.4. The number of aromatic amines is 1. The van der Waals surface area contributed by atoms with E-state index in [0.717, 1.165) is 33.5 Å². The van der Waals surface area contributed by atoms with Crippen LogP contribution < -0.4 is 10.1 Å². The number of fused-ring (bicyclic) bond motifs is 3. The van der Waals surface area contributed by atoms with E-state index in [-0.39, 0.29) is 17.4 Å². The van der Waals surface area contributed by atoms with Gasteiger partial charge in [-0.15, -0.1) is 0 Å². The van der Waals surface area contributed by atoms with Gasteiger partial charge in [0.05, 0.1) is 20.3 Å². The molecule has 2 heterocycles. The van der Waals surface area contributed by atoms with Crippen molar-refractivity contribution >= 4 is 16.9 Å². The highest BCUT2D eigenvalue weighted by atomic mass is 16.5. The molecule has 1 aliphatic heterocycles. The second-order valence-electron chi connectivity index (χ2n) is 8.65. The Balaban J connectivity index is 1.88. The van der Waals surface area contributed by atoms with Crippen LogP contribution in [0.5, 0.6) is 5.75 Å². The minimum Gasteiger partial charge on any atom is -0.496 e. The zero-order valence-corrected chi connectivity index (χ0v) is 17.6. The summed E-state index contributed by atoms with van der Waals surface area (Å²) in [6, 6.07) is 14.0. The van der Waals surface area contributed by atoms with Crippen LogP contribution in [0.3, 0.4) is 0 Å². The predicted octanol–water partition coefficient (Wildman–Crippen LogP) is 4.25. The number of para-hydroxylation sites is 1. The maximum Gasteiger partial charge on any atom is 0.323 e. The van der Waals surface area contributed by atoms with Gasteiger partial charge in [-0.05, 0) is 40.3 Å². The fourth-order valence-electron chi connectivity index (χ4n) is 4.28. The fraction of sp³-hybridized carbons (Fsp3) is 0.375. The van der Waals surface area contributed by atoms with Crippen LogP contribution >= 0.6 is 0 Å². The Morgan fingerprint density at radius 2 is 1.86 bits per heavy atom. The van der Waals surface area contributed by atoms with Crippen molar-refractivity contribution in [3.8, 4) is 5.75 Å². The standard InChI is InChI=1S/C24H28N2O3/c1-24(2,3)17-12-14(10-11-20(17)28-4)21-22-16(13-19(26-21)23(27)29-5)15-8-6-7-9-18(15)25-22/h6-12,19,21,25-26H,13H2,1-5H3. The van der Waals surface area contributed by atoms with E-state index in [9.17, 15) is 4.79 Å². The van der Waals surface area contributed by atoms with E-state index >= 15 is 0 Å². The van der Waals surface area contributed by atoms with Gasteiger partial charge in [0.15, 0.2) is 0 Å². The number of nitrogens with one attached hydrogen (secondary N) is 2. The quantitative estimate of drug-likeness (QED) is 0.654. The molecule has 2 N–H and O–H groups in total. The lowest BCUT2D eigenvalue weighted by Crippen LogP contribution is -2.45. The predicted molar refractivity (Wildman–Crippen MR) is 114 cm³/mol. The van der Waals surface area contributed by atoms with Crippen LogP contribution in [-0.4, -0.2) is 31.2 Å². The van der Waals surface area contributed by atoms with Gasteiger partial charge >= 0.3 is 5.97 Å². The molecule has 0 aliphatic carbocycles. The van der Waals surface area contributed by atoms with E-state index in [0.29, 0.717) is 6.42 Å².